The molecule has 0 aliphatic carbocycles. The van der Waals surface area contributed by atoms with Gasteiger partial charge < -0.3 is 20.4 Å². The highest BCUT2D eigenvalue weighted by Crippen LogP contribution is 1.91. The lowest BCUT2D eigenvalue weighted by Gasteiger charge is -2.19. The molecule has 18 heavy (non-hydrogen) atoms. The van der Waals surface area contributed by atoms with Crippen LogP contribution in [0.15, 0.2) is 0 Å². The van der Waals surface area contributed by atoms with Crippen molar-refractivity contribution in [1.82, 2.24) is 15.1 Å². The van der Waals surface area contributed by atoms with E-state index in [9.17, 15) is 4.79 Å². The molecule has 0 unspecified atom stereocenters. The van der Waals surface area contributed by atoms with Crippen LogP contribution in [0.1, 0.15) is 12.8 Å². The second-order valence-corrected chi connectivity index (χ2v) is 4.55. The van der Waals surface area contributed by atoms with E-state index in [1.165, 1.54) is 0 Å². The monoisotopic (exact) mass is 261 g/mol. The van der Waals surface area contributed by atoms with E-state index < -0.39 is 0 Å². The fourth-order valence-corrected chi connectivity index (χ4v) is 1.59. The highest BCUT2D eigenvalue weighted by Gasteiger charge is 2.07. The molecule has 0 aromatic rings. The zero-order chi connectivity index (χ0) is 13.8. The third kappa shape index (κ3) is 10.5. The van der Waals surface area contributed by atoms with E-state index in [2.05, 4.69) is 10.2 Å². The van der Waals surface area contributed by atoms with E-state index in [1.54, 1.807) is 0 Å². The quantitative estimate of drug-likeness (QED) is 0.404. The van der Waals surface area contributed by atoms with Gasteiger partial charge in [0.15, 0.2) is 0 Å². The van der Waals surface area contributed by atoms with Gasteiger partial charge in [0.05, 0.1) is 13.2 Å². The summed E-state index contributed by atoms with van der Waals surface area (Å²) in [4.78, 5) is 15.5. The van der Waals surface area contributed by atoms with Crippen molar-refractivity contribution in [3.63, 3.8) is 0 Å². The maximum atomic E-state index is 11.5. The number of aliphatic hydroxyl groups excluding tert-OH is 2. The van der Waals surface area contributed by atoms with Crippen molar-refractivity contribution in [2.45, 2.75) is 12.8 Å². The Kier molecular flexibility index (Phi) is 11.0. The third-order valence-electron chi connectivity index (χ3n) is 2.59. The normalized spacial score (nSPS) is 11.2. The van der Waals surface area contributed by atoms with Gasteiger partial charge in [0.2, 0.25) is 5.91 Å². The molecule has 1 amide bonds. The molecule has 0 rings (SSSR count). The summed E-state index contributed by atoms with van der Waals surface area (Å²) in [5.74, 6) is 0.0228. The average Bonchev–Trinajstić information content (AvgIpc) is 2.32. The Morgan fingerprint density at radius 3 is 2.17 bits per heavy atom. The van der Waals surface area contributed by atoms with Crippen molar-refractivity contribution in [2.24, 2.45) is 0 Å². The van der Waals surface area contributed by atoms with Crippen LogP contribution in [0.25, 0.3) is 0 Å². The zero-order valence-corrected chi connectivity index (χ0v) is 11.6. The molecule has 0 saturated heterocycles. The lowest BCUT2D eigenvalue weighted by molar-refractivity contribution is -0.121. The second kappa shape index (κ2) is 11.4. The number of amides is 1. The van der Waals surface area contributed by atoms with Gasteiger partial charge in [0, 0.05) is 32.6 Å². The fourth-order valence-electron chi connectivity index (χ4n) is 1.59. The third-order valence-corrected chi connectivity index (χ3v) is 2.59. The van der Waals surface area contributed by atoms with Gasteiger partial charge in [-0.15, -0.1) is 0 Å². The van der Waals surface area contributed by atoms with Gasteiger partial charge in [0.25, 0.3) is 0 Å². The number of carbonyl (C=O) groups excluding carboxylic acids is 1. The minimum atomic E-state index is 0.0228. The second-order valence-electron chi connectivity index (χ2n) is 4.55. The van der Waals surface area contributed by atoms with Gasteiger partial charge in [-0.3, -0.25) is 9.69 Å². The Bertz CT molecular complexity index is 207. The Hall–Kier alpha value is -0.690. The smallest absolute Gasteiger partial charge is 0.221 e. The molecular formula is C12H27N3O3. The van der Waals surface area contributed by atoms with Crippen LogP contribution in [-0.2, 0) is 4.79 Å². The molecular weight excluding hydrogens is 234 g/mol. The summed E-state index contributed by atoms with van der Waals surface area (Å²) in [5.41, 5.74) is 0. The lowest BCUT2D eigenvalue weighted by atomic mass is 10.3. The van der Waals surface area contributed by atoms with Crippen molar-refractivity contribution in [1.29, 1.82) is 0 Å². The summed E-state index contributed by atoms with van der Waals surface area (Å²) in [6.45, 7) is 3.30. The first-order valence-electron chi connectivity index (χ1n) is 6.45. The Balaban J connectivity index is 3.60. The van der Waals surface area contributed by atoms with E-state index in [0.717, 1.165) is 13.0 Å². The summed E-state index contributed by atoms with van der Waals surface area (Å²) >= 11 is 0. The summed E-state index contributed by atoms with van der Waals surface area (Å²) < 4.78 is 0. The number of hydrogen-bond acceptors (Lipinski definition) is 5. The highest BCUT2D eigenvalue weighted by molar-refractivity contribution is 5.75. The summed E-state index contributed by atoms with van der Waals surface area (Å²) in [6.07, 6.45) is 1.34. The lowest BCUT2D eigenvalue weighted by Crippen LogP contribution is -2.35. The molecule has 6 nitrogen and oxygen atoms in total. The van der Waals surface area contributed by atoms with Crippen LogP contribution in [-0.4, -0.2) is 86.0 Å². The molecule has 0 bridgehead atoms. The van der Waals surface area contributed by atoms with E-state index >= 15 is 0 Å². The van der Waals surface area contributed by atoms with Gasteiger partial charge in [-0.25, -0.2) is 0 Å². The van der Waals surface area contributed by atoms with Gasteiger partial charge in [0.1, 0.15) is 0 Å². The minimum absolute atomic E-state index is 0.0228. The van der Waals surface area contributed by atoms with Gasteiger partial charge >= 0.3 is 0 Å². The van der Waals surface area contributed by atoms with Gasteiger partial charge in [-0.05, 0) is 27.1 Å². The Morgan fingerprint density at radius 1 is 1.06 bits per heavy atom. The van der Waals surface area contributed by atoms with Crippen molar-refractivity contribution < 1.29 is 15.0 Å². The van der Waals surface area contributed by atoms with Crippen molar-refractivity contribution in [3.8, 4) is 0 Å². The molecule has 0 aliphatic heterocycles. The zero-order valence-electron chi connectivity index (χ0n) is 11.6. The molecule has 0 heterocycles. The first kappa shape index (κ1) is 17.3. The van der Waals surface area contributed by atoms with Crippen LogP contribution in [0.4, 0.5) is 0 Å². The topological polar surface area (TPSA) is 76.0 Å². The first-order chi connectivity index (χ1) is 8.60. The minimum Gasteiger partial charge on any atom is -0.395 e. The SMILES string of the molecule is CN(C)CCCNC(=O)CCN(CCO)CCO. The summed E-state index contributed by atoms with van der Waals surface area (Å²) in [7, 11) is 4.01. The number of rotatable bonds is 11. The summed E-state index contributed by atoms with van der Waals surface area (Å²) in [5, 5.41) is 20.5. The van der Waals surface area contributed by atoms with Crippen molar-refractivity contribution in [2.75, 3.05) is 60.0 Å². The number of nitrogens with one attached hydrogen (secondary N) is 1. The van der Waals surface area contributed by atoms with E-state index in [1.807, 2.05) is 19.0 Å². The summed E-state index contributed by atoms with van der Waals surface area (Å²) in [6, 6.07) is 0. The molecule has 0 radical (unpaired) electrons. The maximum Gasteiger partial charge on any atom is 0.221 e. The highest BCUT2D eigenvalue weighted by atomic mass is 16.3. The van der Waals surface area contributed by atoms with Crippen molar-refractivity contribution >= 4 is 5.91 Å². The molecule has 0 fully saturated rings. The Labute approximate surface area is 110 Å². The molecule has 0 spiro atoms. The molecule has 6 heteroatoms. The number of hydrogen-bond donors (Lipinski definition) is 3. The standard InChI is InChI=1S/C12H27N3O3/c1-14(2)6-3-5-13-12(18)4-7-15(8-10-16)9-11-17/h16-17H,3-11H2,1-2H3,(H,13,18). The van der Waals surface area contributed by atoms with Crippen LogP contribution in [0.2, 0.25) is 0 Å². The van der Waals surface area contributed by atoms with Crippen LogP contribution in [0.5, 0.6) is 0 Å². The number of aliphatic hydroxyl groups is 2. The molecule has 0 aromatic heterocycles. The van der Waals surface area contributed by atoms with E-state index in [0.29, 0.717) is 32.6 Å². The molecule has 0 saturated carbocycles. The van der Waals surface area contributed by atoms with Crippen molar-refractivity contribution in [3.05, 3.63) is 0 Å². The molecule has 0 aliphatic rings. The molecule has 108 valence electrons. The molecule has 0 atom stereocenters. The van der Waals surface area contributed by atoms with Crippen LogP contribution in [0.3, 0.4) is 0 Å². The molecule has 0 aromatic carbocycles. The molecule has 3 N–H and O–H groups in total. The largest absolute Gasteiger partial charge is 0.395 e. The van der Waals surface area contributed by atoms with E-state index in [-0.39, 0.29) is 19.1 Å². The van der Waals surface area contributed by atoms with Crippen LogP contribution >= 0.6 is 0 Å². The van der Waals surface area contributed by atoms with Crippen LogP contribution < -0.4 is 5.32 Å². The predicted molar refractivity (Wildman–Crippen MR) is 71.4 cm³/mol. The average molecular weight is 261 g/mol. The fraction of sp³-hybridized carbons (Fsp3) is 0.917. The first-order valence-corrected chi connectivity index (χ1v) is 6.45. The number of carbonyl (C=O) groups is 1. The van der Waals surface area contributed by atoms with Gasteiger partial charge in [-0.1, -0.05) is 0 Å². The van der Waals surface area contributed by atoms with Gasteiger partial charge in [-0.2, -0.15) is 0 Å². The predicted octanol–water partition coefficient (Wildman–Crippen LogP) is -1.27. The van der Waals surface area contributed by atoms with E-state index in [4.69, 9.17) is 10.2 Å². The van der Waals surface area contributed by atoms with Crippen LogP contribution in [0, 0.1) is 0 Å². The maximum absolute atomic E-state index is 11.5. The number of nitrogens with zero attached hydrogens (tertiary/aromatic N) is 2. The Morgan fingerprint density at radius 2 is 1.67 bits per heavy atom.